The molecular formula is C16H25NO. The molecule has 0 unspecified atom stereocenters. The quantitative estimate of drug-likeness (QED) is 0.747. The lowest BCUT2D eigenvalue weighted by molar-refractivity contribution is -0.120. The Balaban J connectivity index is 2.27. The molecule has 1 rings (SSSR count). The van der Waals surface area contributed by atoms with Crippen molar-refractivity contribution in [3.8, 4) is 0 Å². The van der Waals surface area contributed by atoms with Crippen molar-refractivity contribution in [3.63, 3.8) is 0 Å². The summed E-state index contributed by atoms with van der Waals surface area (Å²) in [7, 11) is 0. The third-order valence-corrected chi connectivity index (χ3v) is 3.34. The van der Waals surface area contributed by atoms with Crippen LogP contribution in [0.4, 0.5) is 0 Å². The van der Waals surface area contributed by atoms with Gasteiger partial charge in [0.1, 0.15) is 0 Å². The van der Waals surface area contributed by atoms with E-state index in [-0.39, 0.29) is 5.91 Å². The summed E-state index contributed by atoms with van der Waals surface area (Å²) in [5.41, 5.74) is 1.08. The number of amides is 1. The van der Waals surface area contributed by atoms with Crippen molar-refractivity contribution in [2.24, 2.45) is 5.92 Å². The first-order chi connectivity index (χ1) is 8.76. The Morgan fingerprint density at radius 2 is 1.94 bits per heavy atom. The molecule has 0 saturated heterocycles. The van der Waals surface area contributed by atoms with Crippen molar-refractivity contribution in [3.05, 3.63) is 35.9 Å². The molecule has 18 heavy (non-hydrogen) atoms. The summed E-state index contributed by atoms with van der Waals surface area (Å²) in [6, 6.07) is 9.90. The van der Waals surface area contributed by atoms with Gasteiger partial charge in [0.25, 0.3) is 0 Å². The maximum Gasteiger partial charge on any atom is 0.224 e. The van der Waals surface area contributed by atoms with Gasteiger partial charge in [-0.1, -0.05) is 63.4 Å². The minimum Gasteiger partial charge on any atom is -0.356 e. The number of unbranched alkanes of at least 4 members (excludes halogenated alkanes) is 1. The van der Waals surface area contributed by atoms with E-state index < -0.39 is 0 Å². The first kappa shape index (κ1) is 14.7. The molecule has 2 heteroatoms. The zero-order valence-electron chi connectivity index (χ0n) is 11.6. The molecule has 0 aliphatic heterocycles. The summed E-state index contributed by atoms with van der Waals surface area (Å²) >= 11 is 0. The lowest BCUT2D eigenvalue weighted by Crippen LogP contribution is -2.30. The topological polar surface area (TPSA) is 29.1 Å². The minimum atomic E-state index is 0.135. The van der Waals surface area contributed by atoms with Crippen LogP contribution in [0.1, 0.15) is 45.1 Å². The summed E-state index contributed by atoms with van der Waals surface area (Å²) in [6.07, 6.45) is 5.34. The highest BCUT2D eigenvalue weighted by Gasteiger charge is 2.08. The van der Waals surface area contributed by atoms with Crippen LogP contribution in [0.5, 0.6) is 0 Å². The minimum absolute atomic E-state index is 0.135. The Morgan fingerprint density at radius 3 is 2.56 bits per heavy atom. The molecule has 0 aromatic heterocycles. The first-order valence-corrected chi connectivity index (χ1v) is 7.06. The predicted molar refractivity (Wildman–Crippen MR) is 76.5 cm³/mol. The second-order valence-electron chi connectivity index (χ2n) is 4.88. The van der Waals surface area contributed by atoms with Gasteiger partial charge in [0.05, 0.1) is 6.42 Å². The van der Waals surface area contributed by atoms with Crippen LogP contribution >= 0.6 is 0 Å². The Morgan fingerprint density at radius 1 is 1.22 bits per heavy atom. The summed E-state index contributed by atoms with van der Waals surface area (Å²) in [5, 5.41) is 3.05. The Bertz CT molecular complexity index is 334. The molecular weight excluding hydrogens is 222 g/mol. The van der Waals surface area contributed by atoms with Gasteiger partial charge < -0.3 is 5.32 Å². The fraction of sp³-hybridized carbons (Fsp3) is 0.562. The third-order valence-electron chi connectivity index (χ3n) is 3.34. The van der Waals surface area contributed by atoms with Gasteiger partial charge >= 0.3 is 0 Å². The SMILES string of the molecule is CCCC[C@@H](CC)CNC(=O)Cc1ccccc1. The lowest BCUT2D eigenvalue weighted by Gasteiger charge is -2.15. The van der Waals surface area contributed by atoms with E-state index in [4.69, 9.17) is 0 Å². The number of rotatable bonds is 8. The number of carbonyl (C=O) groups excluding carboxylic acids is 1. The van der Waals surface area contributed by atoms with Crippen molar-refractivity contribution in [1.82, 2.24) is 5.32 Å². The molecule has 0 radical (unpaired) electrons. The van der Waals surface area contributed by atoms with Crippen LogP contribution in [-0.2, 0) is 11.2 Å². The number of benzene rings is 1. The smallest absolute Gasteiger partial charge is 0.224 e. The lowest BCUT2D eigenvalue weighted by atomic mass is 9.99. The molecule has 1 amide bonds. The fourth-order valence-electron chi connectivity index (χ4n) is 2.05. The molecule has 0 heterocycles. The van der Waals surface area contributed by atoms with E-state index >= 15 is 0 Å². The molecule has 1 N–H and O–H groups in total. The normalized spacial score (nSPS) is 12.1. The van der Waals surface area contributed by atoms with Crippen molar-refractivity contribution < 1.29 is 4.79 Å². The largest absolute Gasteiger partial charge is 0.356 e. The molecule has 0 spiro atoms. The van der Waals surface area contributed by atoms with Crippen LogP contribution in [-0.4, -0.2) is 12.5 Å². The average molecular weight is 247 g/mol. The van der Waals surface area contributed by atoms with Gasteiger partial charge in [-0.2, -0.15) is 0 Å². The Kier molecular flexibility index (Phi) is 7.16. The molecule has 1 aromatic carbocycles. The van der Waals surface area contributed by atoms with Crippen LogP contribution < -0.4 is 5.32 Å². The summed E-state index contributed by atoms with van der Waals surface area (Å²) in [6.45, 7) is 5.23. The molecule has 0 aliphatic carbocycles. The van der Waals surface area contributed by atoms with Gasteiger partial charge in [-0.05, 0) is 17.9 Å². The van der Waals surface area contributed by atoms with Gasteiger partial charge in [0.2, 0.25) is 5.91 Å². The van der Waals surface area contributed by atoms with Crippen LogP contribution in [0.2, 0.25) is 0 Å². The van der Waals surface area contributed by atoms with Crippen molar-refractivity contribution in [1.29, 1.82) is 0 Å². The Labute approximate surface area is 111 Å². The number of hydrogen-bond donors (Lipinski definition) is 1. The van der Waals surface area contributed by atoms with E-state index in [0.717, 1.165) is 18.5 Å². The van der Waals surface area contributed by atoms with E-state index in [1.54, 1.807) is 0 Å². The second-order valence-corrected chi connectivity index (χ2v) is 4.88. The average Bonchev–Trinajstić information content (AvgIpc) is 2.40. The molecule has 100 valence electrons. The highest BCUT2D eigenvalue weighted by Crippen LogP contribution is 2.11. The standard InChI is InChI=1S/C16H25NO/c1-3-5-9-14(4-2)13-17-16(18)12-15-10-7-6-8-11-15/h6-8,10-11,14H,3-5,9,12-13H2,1-2H3,(H,17,18)/t14-/m1/s1. The van der Waals surface area contributed by atoms with Gasteiger partial charge in [0, 0.05) is 6.54 Å². The molecule has 0 saturated carbocycles. The second kappa shape index (κ2) is 8.73. The van der Waals surface area contributed by atoms with Crippen molar-refractivity contribution >= 4 is 5.91 Å². The zero-order chi connectivity index (χ0) is 13.2. The van der Waals surface area contributed by atoms with Crippen LogP contribution in [0.3, 0.4) is 0 Å². The first-order valence-electron chi connectivity index (χ1n) is 7.06. The molecule has 2 nitrogen and oxygen atoms in total. The summed E-state index contributed by atoms with van der Waals surface area (Å²) in [5.74, 6) is 0.765. The number of hydrogen-bond acceptors (Lipinski definition) is 1. The zero-order valence-corrected chi connectivity index (χ0v) is 11.6. The van der Waals surface area contributed by atoms with Crippen LogP contribution in [0.15, 0.2) is 30.3 Å². The predicted octanol–water partition coefficient (Wildman–Crippen LogP) is 3.56. The monoisotopic (exact) mass is 247 g/mol. The van der Waals surface area contributed by atoms with E-state index in [0.29, 0.717) is 12.3 Å². The highest BCUT2D eigenvalue weighted by molar-refractivity contribution is 5.78. The van der Waals surface area contributed by atoms with E-state index in [1.165, 1.54) is 19.3 Å². The highest BCUT2D eigenvalue weighted by atomic mass is 16.1. The van der Waals surface area contributed by atoms with Crippen LogP contribution in [0, 0.1) is 5.92 Å². The molecule has 0 aliphatic rings. The Hall–Kier alpha value is -1.31. The molecule has 1 aromatic rings. The third kappa shape index (κ3) is 5.85. The number of nitrogens with one attached hydrogen (secondary N) is 1. The molecule has 1 atom stereocenters. The summed E-state index contributed by atoms with van der Waals surface area (Å²) in [4.78, 5) is 11.8. The maximum atomic E-state index is 11.8. The molecule has 0 fully saturated rings. The van der Waals surface area contributed by atoms with Gasteiger partial charge in [-0.15, -0.1) is 0 Å². The van der Waals surface area contributed by atoms with E-state index in [9.17, 15) is 4.79 Å². The van der Waals surface area contributed by atoms with E-state index in [1.807, 2.05) is 30.3 Å². The van der Waals surface area contributed by atoms with Crippen molar-refractivity contribution in [2.75, 3.05) is 6.54 Å². The number of carbonyl (C=O) groups is 1. The van der Waals surface area contributed by atoms with Gasteiger partial charge in [-0.3, -0.25) is 4.79 Å². The summed E-state index contributed by atoms with van der Waals surface area (Å²) < 4.78 is 0. The fourth-order valence-corrected chi connectivity index (χ4v) is 2.05. The maximum absolute atomic E-state index is 11.8. The van der Waals surface area contributed by atoms with Crippen molar-refractivity contribution in [2.45, 2.75) is 46.0 Å². The molecule has 0 bridgehead atoms. The van der Waals surface area contributed by atoms with E-state index in [2.05, 4.69) is 19.2 Å². The van der Waals surface area contributed by atoms with Gasteiger partial charge in [-0.25, -0.2) is 0 Å². The van der Waals surface area contributed by atoms with Gasteiger partial charge in [0.15, 0.2) is 0 Å². The van der Waals surface area contributed by atoms with Crippen LogP contribution in [0.25, 0.3) is 0 Å².